The van der Waals surface area contributed by atoms with Crippen LogP contribution >= 0.6 is 21.6 Å². The Morgan fingerprint density at radius 3 is 3.23 bits per heavy atom. The Kier molecular flexibility index (Phi) is 2.75. The molecule has 0 saturated heterocycles. The third-order valence-electron chi connectivity index (χ3n) is 1.46. The molecule has 13 heavy (non-hydrogen) atoms. The lowest BCUT2D eigenvalue weighted by atomic mass is 10.4. The van der Waals surface area contributed by atoms with Crippen molar-refractivity contribution < 1.29 is 4.74 Å². The lowest BCUT2D eigenvalue weighted by molar-refractivity contribution is 0.261. The molecule has 0 unspecified atom stereocenters. The first kappa shape index (κ1) is 8.90. The molecule has 68 valence electrons. The van der Waals surface area contributed by atoms with Gasteiger partial charge in [-0.1, -0.05) is 0 Å². The molecule has 3 nitrogen and oxygen atoms in total. The molecule has 0 amide bonds. The molecule has 2 heterocycles. The Labute approximate surface area is 84.4 Å². The second kappa shape index (κ2) is 4.02. The van der Waals surface area contributed by atoms with Gasteiger partial charge in [0, 0.05) is 12.3 Å². The molecule has 0 spiro atoms. The van der Waals surface area contributed by atoms with Crippen LogP contribution in [0.25, 0.3) is 6.08 Å². The summed E-state index contributed by atoms with van der Waals surface area (Å²) in [6, 6.07) is 0. The minimum Gasteiger partial charge on any atom is -0.487 e. The minimum atomic E-state index is 0.694. The molecular weight excluding hydrogens is 204 g/mol. The molecule has 0 N–H and O–H groups in total. The summed E-state index contributed by atoms with van der Waals surface area (Å²) in [5.41, 5.74) is 0.946. The summed E-state index contributed by atoms with van der Waals surface area (Å²) >= 11 is 0. The van der Waals surface area contributed by atoms with Crippen LogP contribution in [0, 0.1) is 0 Å². The molecule has 0 bridgehead atoms. The predicted molar refractivity (Wildman–Crippen MR) is 55.1 cm³/mol. The van der Waals surface area contributed by atoms with E-state index in [9.17, 15) is 0 Å². The first-order valence-corrected chi connectivity index (χ1v) is 6.04. The van der Waals surface area contributed by atoms with E-state index >= 15 is 0 Å². The fourth-order valence-corrected chi connectivity index (χ4v) is 2.92. The molecule has 1 aliphatic heterocycles. The lowest BCUT2D eigenvalue weighted by Crippen LogP contribution is -1.94. The van der Waals surface area contributed by atoms with E-state index in [2.05, 4.69) is 9.97 Å². The highest BCUT2D eigenvalue weighted by atomic mass is 33.1. The molecule has 2 rings (SSSR count). The number of fused-ring (bicyclic) bond motifs is 1. The molecule has 0 aromatic carbocycles. The smallest absolute Gasteiger partial charge is 0.166 e. The lowest BCUT2D eigenvalue weighted by Gasteiger charge is -2.12. The highest BCUT2D eigenvalue weighted by Gasteiger charge is 2.13. The zero-order valence-electron chi connectivity index (χ0n) is 7.06. The van der Waals surface area contributed by atoms with Crippen molar-refractivity contribution in [2.75, 3.05) is 6.61 Å². The maximum absolute atomic E-state index is 5.38. The Balaban J connectivity index is 2.28. The van der Waals surface area contributed by atoms with Crippen LogP contribution in [0.1, 0.15) is 12.6 Å². The van der Waals surface area contributed by atoms with Crippen molar-refractivity contribution in [3.8, 4) is 0 Å². The van der Waals surface area contributed by atoms with Crippen molar-refractivity contribution >= 4 is 27.7 Å². The van der Waals surface area contributed by atoms with E-state index in [-0.39, 0.29) is 0 Å². The maximum atomic E-state index is 5.38. The van der Waals surface area contributed by atoms with Gasteiger partial charge >= 0.3 is 0 Å². The van der Waals surface area contributed by atoms with Crippen molar-refractivity contribution in [2.24, 2.45) is 0 Å². The van der Waals surface area contributed by atoms with Crippen LogP contribution in [0.2, 0.25) is 0 Å². The molecule has 0 atom stereocenters. The summed E-state index contributed by atoms with van der Waals surface area (Å²) < 4.78 is 5.38. The molecular formula is C8H8N2OS2. The van der Waals surface area contributed by atoms with Crippen molar-refractivity contribution in [3.63, 3.8) is 0 Å². The summed E-state index contributed by atoms with van der Waals surface area (Å²) in [5.74, 6) is 0. The second-order valence-electron chi connectivity index (χ2n) is 2.34. The van der Waals surface area contributed by atoms with Gasteiger partial charge in [-0.15, -0.1) is 0 Å². The summed E-state index contributed by atoms with van der Waals surface area (Å²) in [6.45, 7) is 2.67. The van der Waals surface area contributed by atoms with E-state index in [1.807, 2.05) is 19.2 Å². The van der Waals surface area contributed by atoms with Gasteiger partial charge in [-0.05, 0) is 28.5 Å². The van der Waals surface area contributed by atoms with Crippen LogP contribution in [0.15, 0.2) is 22.5 Å². The number of hydrogen-bond donors (Lipinski definition) is 0. The fraction of sp³-hybridized carbons (Fsp3) is 0.250. The monoisotopic (exact) mass is 212 g/mol. The van der Waals surface area contributed by atoms with E-state index in [0.29, 0.717) is 6.61 Å². The van der Waals surface area contributed by atoms with E-state index < -0.39 is 0 Å². The average molecular weight is 212 g/mol. The van der Waals surface area contributed by atoms with Gasteiger partial charge in [0.1, 0.15) is 6.33 Å². The number of aromatic nitrogens is 2. The van der Waals surface area contributed by atoms with Crippen LogP contribution in [0.5, 0.6) is 0 Å². The number of rotatable bonds is 2. The van der Waals surface area contributed by atoms with E-state index in [0.717, 1.165) is 15.7 Å². The summed E-state index contributed by atoms with van der Waals surface area (Å²) in [4.78, 5) is 9.20. The molecule has 0 radical (unpaired) electrons. The SMILES string of the molecule is CCOC1=Cc2ncncc2SS1. The van der Waals surface area contributed by atoms with E-state index in [1.165, 1.54) is 0 Å². The third-order valence-corrected chi connectivity index (χ3v) is 3.72. The van der Waals surface area contributed by atoms with Crippen LogP contribution in [0.4, 0.5) is 0 Å². The predicted octanol–water partition coefficient (Wildman–Crippen LogP) is 2.57. The highest BCUT2D eigenvalue weighted by Crippen LogP contribution is 2.43. The maximum Gasteiger partial charge on any atom is 0.166 e. The summed E-state index contributed by atoms with van der Waals surface area (Å²) in [7, 11) is 3.24. The first-order chi connectivity index (χ1) is 6.40. The van der Waals surface area contributed by atoms with Gasteiger partial charge in [-0.2, -0.15) is 0 Å². The van der Waals surface area contributed by atoms with E-state index in [1.54, 1.807) is 27.9 Å². The van der Waals surface area contributed by atoms with Gasteiger partial charge in [-0.25, -0.2) is 9.97 Å². The van der Waals surface area contributed by atoms with Crippen LogP contribution in [-0.4, -0.2) is 16.6 Å². The Bertz CT molecular complexity index is 341. The first-order valence-electron chi connectivity index (χ1n) is 3.89. The van der Waals surface area contributed by atoms with Crippen molar-refractivity contribution in [1.29, 1.82) is 0 Å². The second-order valence-corrected chi connectivity index (χ2v) is 4.51. The van der Waals surface area contributed by atoms with Crippen LogP contribution in [-0.2, 0) is 4.74 Å². The zero-order valence-corrected chi connectivity index (χ0v) is 8.69. The molecule has 0 saturated carbocycles. The van der Waals surface area contributed by atoms with Crippen molar-refractivity contribution in [3.05, 3.63) is 23.3 Å². The van der Waals surface area contributed by atoms with Gasteiger partial charge in [0.25, 0.3) is 0 Å². The van der Waals surface area contributed by atoms with Gasteiger partial charge < -0.3 is 4.74 Å². The molecule has 1 aromatic heterocycles. The Morgan fingerprint density at radius 1 is 1.46 bits per heavy atom. The molecule has 5 heteroatoms. The molecule has 1 aromatic rings. The highest BCUT2D eigenvalue weighted by molar-refractivity contribution is 8.78. The van der Waals surface area contributed by atoms with Crippen LogP contribution in [0.3, 0.4) is 0 Å². The van der Waals surface area contributed by atoms with E-state index in [4.69, 9.17) is 4.74 Å². The summed E-state index contributed by atoms with van der Waals surface area (Å²) in [6.07, 6.45) is 5.32. The summed E-state index contributed by atoms with van der Waals surface area (Å²) in [5, 5.41) is 0.915. The quantitative estimate of drug-likeness (QED) is 0.704. The molecule has 0 fully saturated rings. The molecule has 1 aliphatic rings. The number of hydrogen-bond acceptors (Lipinski definition) is 5. The normalized spacial score (nSPS) is 14.7. The average Bonchev–Trinajstić information content (AvgIpc) is 2.18. The minimum absolute atomic E-state index is 0.694. The number of ether oxygens (including phenoxy) is 1. The largest absolute Gasteiger partial charge is 0.487 e. The Morgan fingerprint density at radius 2 is 2.38 bits per heavy atom. The number of nitrogens with zero attached hydrogens (tertiary/aromatic N) is 2. The third kappa shape index (κ3) is 1.97. The van der Waals surface area contributed by atoms with Gasteiger partial charge in [0.05, 0.1) is 17.2 Å². The fourth-order valence-electron chi connectivity index (χ4n) is 0.929. The zero-order chi connectivity index (χ0) is 9.10. The van der Waals surface area contributed by atoms with Crippen molar-refractivity contribution in [1.82, 2.24) is 9.97 Å². The molecule has 0 aliphatic carbocycles. The van der Waals surface area contributed by atoms with Crippen LogP contribution < -0.4 is 0 Å². The standard InChI is InChI=1S/C8H8N2OS2/c1-2-11-8-3-6-7(12-13-8)4-9-5-10-6/h3-5H,2H2,1H3. The van der Waals surface area contributed by atoms with Gasteiger partial charge in [-0.3, -0.25) is 0 Å². The van der Waals surface area contributed by atoms with Gasteiger partial charge in [0.15, 0.2) is 5.09 Å². The topological polar surface area (TPSA) is 35.0 Å². The Hall–Kier alpha value is -0.680. The van der Waals surface area contributed by atoms with Crippen molar-refractivity contribution in [2.45, 2.75) is 11.8 Å². The van der Waals surface area contributed by atoms with Gasteiger partial charge in [0.2, 0.25) is 0 Å².